The van der Waals surface area contributed by atoms with Crippen LogP contribution in [0.15, 0.2) is 78.9 Å². The van der Waals surface area contributed by atoms with Gasteiger partial charge in [-0.25, -0.2) is 0 Å². The molecule has 6 heteroatoms. The van der Waals surface area contributed by atoms with Gasteiger partial charge in [0.05, 0.1) is 19.3 Å². The molecule has 1 aliphatic heterocycles. The molecule has 170 valence electrons. The third-order valence-corrected chi connectivity index (χ3v) is 6.37. The Hall–Kier alpha value is -2.08. The number of hydrogen-bond acceptors (Lipinski definition) is 4. The molecular weight excluding hydrogens is 443 g/mol. The van der Waals surface area contributed by atoms with Crippen LogP contribution in [0, 0.1) is 0 Å². The summed E-state index contributed by atoms with van der Waals surface area (Å²) in [5.41, 5.74) is 3.17. The second-order valence-corrected chi connectivity index (χ2v) is 8.39. The molecule has 0 unspecified atom stereocenters. The lowest BCUT2D eigenvalue weighted by Crippen LogP contribution is -2.48. The second kappa shape index (κ2) is 11.7. The Morgan fingerprint density at radius 2 is 1.50 bits per heavy atom. The molecule has 1 aliphatic rings. The van der Waals surface area contributed by atoms with Gasteiger partial charge in [-0.2, -0.15) is 0 Å². The zero-order chi connectivity index (χ0) is 21.6. The van der Waals surface area contributed by atoms with Crippen LogP contribution in [0.4, 0.5) is 0 Å². The van der Waals surface area contributed by atoms with Gasteiger partial charge >= 0.3 is 0 Å². The number of benzene rings is 3. The Morgan fingerprint density at radius 1 is 0.875 bits per heavy atom. The van der Waals surface area contributed by atoms with Gasteiger partial charge in [-0.1, -0.05) is 72.3 Å². The summed E-state index contributed by atoms with van der Waals surface area (Å²) < 4.78 is 5.26. The van der Waals surface area contributed by atoms with Crippen molar-refractivity contribution in [2.75, 3.05) is 33.3 Å². The smallest absolute Gasteiger partial charge is 0.118 e. The summed E-state index contributed by atoms with van der Waals surface area (Å²) in [5.74, 6) is 0.881. The van der Waals surface area contributed by atoms with Gasteiger partial charge in [0, 0.05) is 37.7 Å². The number of methoxy groups -OCH3 is 1. The number of rotatable bonds is 7. The van der Waals surface area contributed by atoms with Crippen LogP contribution in [0.5, 0.6) is 5.75 Å². The molecule has 32 heavy (non-hydrogen) atoms. The number of aliphatic hydroxyl groups is 1. The summed E-state index contributed by atoms with van der Waals surface area (Å²) in [4.78, 5) is 4.82. The van der Waals surface area contributed by atoms with E-state index in [1.54, 1.807) is 7.11 Å². The topological polar surface area (TPSA) is 35.9 Å². The molecule has 1 heterocycles. The van der Waals surface area contributed by atoms with Crippen LogP contribution >= 0.6 is 24.0 Å². The largest absolute Gasteiger partial charge is 0.497 e. The van der Waals surface area contributed by atoms with Crippen molar-refractivity contribution in [3.05, 3.63) is 101 Å². The first-order chi connectivity index (χ1) is 15.2. The molecule has 4 nitrogen and oxygen atoms in total. The van der Waals surface area contributed by atoms with Gasteiger partial charge in [0.15, 0.2) is 0 Å². The van der Waals surface area contributed by atoms with Crippen LogP contribution in [-0.2, 0) is 6.54 Å². The van der Waals surface area contributed by atoms with Gasteiger partial charge in [-0.05, 0) is 34.9 Å². The number of hydrogen-bond donors (Lipinski definition) is 1. The highest BCUT2D eigenvalue weighted by Crippen LogP contribution is 2.38. The lowest BCUT2D eigenvalue weighted by atomic mass is 9.93. The van der Waals surface area contributed by atoms with Crippen LogP contribution in [-0.4, -0.2) is 48.2 Å². The van der Waals surface area contributed by atoms with E-state index in [4.69, 9.17) is 16.3 Å². The Balaban J connectivity index is 0.00000289. The highest BCUT2D eigenvalue weighted by Gasteiger charge is 2.32. The van der Waals surface area contributed by atoms with Crippen molar-refractivity contribution in [2.45, 2.75) is 18.7 Å². The molecule has 0 radical (unpaired) electrons. The molecule has 0 aliphatic carbocycles. The SMILES string of the molecule is COc1ccc(CN2CCN([C@@H](c3ccccc3Cl)[C@@H](O)c3ccccc3)CC2)cc1.Cl. The lowest BCUT2D eigenvalue weighted by Gasteiger charge is -2.41. The molecule has 0 saturated carbocycles. The van der Waals surface area contributed by atoms with E-state index in [0.29, 0.717) is 5.02 Å². The molecule has 4 rings (SSSR count). The maximum Gasteiger partial charge on any atom is 0.118 e. The minimum atomic E-state index is -0.644. The molecule has 0 aromatic heterocycles. The van der Waals surface area contributed by atoms with E-state index in [1.165, 1.54) is 5.56 Å². The Morgan fingerprint density at radius 3 is 2.12 bits per heavy atom. The van der Waals surface area contributed by atoms with E-state index in [1.807, 2.05) is 66.7 Å². The summed E-state index contributed by atoms with van der Waals surface area (Å²) in [6.07, 6.45) is -0.644. The predicted octanol–water partition coefficient (Wildman–Crippen LogP) is 5.36. The van der Waals surface area contributed by atoms with E-state index < -0.39 is 6.10 Å². The fraction of sp³-hybridized carbons (Fsp3) is 0.308. The Kier molecular flexibility index (Phi) is 8.97. The van der Waals surface area contributed by atoms with Gasteiger partial charge in [-0.15, -0.1) is 12.4 Å². The summed E-state index contributed by atoms with van der Waals surface area (Å²) in [6, 6.07) is 25.8. The fourth-order valence-corrected chi connectivity index (χ4v) is 4.55. The van der Waals surface area contributed by atoms with Crippen molar-refractivity contribution >= 4 is 24.0 Å². The maximum atomic E-state index is 11.3. The molecule has 3 aromatic carbocycles. The molecule has 3 aromatic rings. The minimum Gasteiger partial charge on any atom is -0.497 e. The summed E-state index contributed by atoms with van der Waals surface area (Å²) >= 11 is 6.57. The Bertz CT molecular complexity index is 961. The zero-order valence-electron chi connectivity index (χ0n) is 18.2. The zero-order valence-corrected chi connectivity index (χ0v) is 19.8. The molecular formula is C26H30Cl2N2O2. The average Bonchev–Trinajstić information content (AvgIpc) is 2.82. The number of nitrogens with zero attached hydrogens (tertiary/aromatic N) is 2. The third-order valence-electron chi connectivity index (χ3n) is 6.03. The van der Waals surface area contributed by atoms with Gasteiger partial charge in [-0.3, -0.25) is 9.80 Å². The third kappa shape index (κ3) is 5.83. The molecule has 1 N–H and O–H groups in total. The highest BCUT2D eigenvalue weighted by atomic mass is 35.5. The van der Waals surface area contributed by atoms with Crippen molar-refractivity contribution in [1.82, 2.24) is 9.80 Å². The van der Waals surface area contributed by atoms with E-state index in [-0.39, 0.29) is 18.4 Å². The highest BCUT2D eigenvalue weighted by molar-refractivity contribution is 6.31. The number of piperazine rings is 1. The number of aliphatic hydroxyl groups excluding tert-OH is 1. The van der Waals surface area contributed by atoms with Crippen LogP contribution in [0.3, 0.4) is 0 Å². The molecule has 2 atom stereocenters. The normalized spacial score (nSPS) is 16.7. The number of ether oxygens (including phenoxy) is 1. The molecule has 0 bridgehead atoms. The van der Waals surface area contributed by atoms with Crippen molar-refractivity contribution in [1.29, 1.82) is 0 Å². The number of halogens is 2. The molecule has 0 spiro atoms. The van der Waals surface area contributed by atoms with Crippen LogP contribution in [0.2, 0.25) is 5.02 Å². The standard InChI is InChI=1S/C26H29ClN2O2.ClH/c1-31-22-13-11-20(12-14-22)19-28-15-17-29(18-16-28)25(23-9-5-6-10-24(23)27)26(30)21-7-3-2-4-8-21;/h2-14,25-26,30H,15-19H2,1H3;1H/t25-,26-;/m0./s1. The van der Waals surface area contributed by atoms with Crippen molar-refractivity contribution < 1.29 is 9.84 Å². The van der Waals surface area contributed by atoms with Crippen molar-refractivity contribution in [2.24, 2.45) is 0 Å². The Labute approximate surface area is 201 Å². The lowest BCUT2D eigenvalue weighted by molar-refractivity contribution is 0.0149. The first kappa shape index (κ1) is 24.6. The van der Waals surface area contributed by atoms with E-state index in [0.717, 1.165) is 49.6 Å². The fourth-order valence-electron chi connectivity index (χ4n) is 4.30. The van der Waals surface area contributed by atoms with E-state index >= 15 is 0 Å². The molecule has 1 fully saturated rings. The van der Waals surface area contributed by atoms with Crippen molar-refractivity contribution in [3.63, 3.8) is 0 Å². The van der Waals surface area contributed by atoms with Crippen LogP contribution in [0.1, 0.15) is 28.8 Å². The monoisotopic (exact) mass is 472 g/mol. The van der Waals surface area contributed by atoms with Crippen LogP contribution < -0.4 is 4.74 Å². The van der Waals surface area contributed by atoms with Gasteiger partial charge in [0.25, 0.3) is 0 Å². The summed E-state index contributed by atoms with van der Waals surface area (Å²) in [7, 11) is 1.69. The van der Waals surface area contributed by atoms with Gasteiger partial charge in [0.2, 0.25) is 0 Å². The van der Waals surface area contributed by atoms with Crippen molar-refractivity contribution in [3.8, 4) is 5.75 Å². The maximum absolute atomic E-state index is 11.3. The predicted molar refractivity (Wildman–Crippen MR) is 133 cm³/mol. The first-order valence-electron chi connectivity index (χ1n) is 10.7. The van der Waals surface area contributed by atoms with Gasteiger partial charge in [0.1, 0.15) is 5.75 Å². The molecule has 0 amide bonds. The van der Waals surface area contributed by atoms with Gasteiger partial charge < -0.3 is 9.84 Å². The van der Waals surface area contributed by atoms with E-state index in [2.05, 4.69) is 21.9 Å². The summed E-state index contributed by atoms with van der Waals surface area (Å²) in [6.45, 7) is 4.53. The second-order valence-electron chi connectivity index (χ2n) is 7.98. The minimum absolute atomic E-state index is 0. The quantitative estimate of drug-likeness (QED) is 0.501. The average molecular weight is 473 g/mol. The first-order valence-corrected chi connectivity index (χ1v) is 11.1. The van der Waals surface area contributed by atoms with Crippen LogP contribution in [0.25, 0.3) is 0 Å². The van der Waals surface area contributed by atoms with E-state index in [9.17, 15) is 5.11 Å². The summed E-state index contributed by atoms with van der Waals surface area (Å²) in [5, 5.41) is 12.0. The molecule has 1 saturated heterocycles.